The number of aryl methyl sites for hydroxylation is 1. The monoisotopic (exact) mass is 257 g/mol. The fraction of sp³-hybridized carbons (Fsp3) is 0.375. The van der Waals surface area contributed by atoms with Gasteiger partial charge in [0.25, 0.3) is 0 Å². The average Bonchev–Trinajstić information content (AvgIpc) is 2.29. The van der Waals surface area contributed by atoms with Crippen LogP contribution in [0.4, 0.5) is 5.69 Å². The largest absolute Gasteiger partial charge is 0.361 e. The van der Waals surface area contributed by atoms with Crippen molar-refractivity contribution in [2.75, 3.05) is 5.32 Å². The van der Waals surface area contributed by atoms with Crippen molar-refractivity contribution in [1.29, 1.82) is 0 Å². The van der Waals surface area contributed by atoms with Gasteiger partial charge in [0, 0.05) is 24.7 Å². The van der Waals surface area contributed by atoms with E-state index in [0.717, 1.165) is 5.69 Å². The molecule has 0 aromatic heterocycles. The van der Waals surface area contributed by atoms with Crippen molar-refractivity contribution in [3.8, 4) is 0 Å². The summed E-state index contributed by atoms with van der Waals surface area (Å²) in [5.74, 6) is -0.137. The fourth-order valence-electron chi connectivity index (χ4n) is 2.24. The highest BCUT2D eigenvalue weighted by atomic mass is 16.1. The molecule has 1 fully saturated rings. The number of carbonyl (C=O) groups excluding carboxylic acids is 2. The Kier molecular flexibility index (Phi) is 3.56. The minimum absolute atomic E-state index is 0.0686. The summed E-state index contributed by atoms with van der Waals surface area (Å²) in [5, 5.41) is 3.03. The van der Waals surface area contributed by atoms with E-state index in [4.69, 9.17) is 0 Å². The first-order valence-electron chi connectivity index (χ1n) is 6.47. The Labute approximate surface area is 113 Å². The lowest BCUT2D eigenvalue weighted by Crippen LogP contribution is -2.31. The minimum Gasteiger partial charge on any atom is -0.361 e. The molecule has 1 aromatic rings. The zero-order valence-electron chi connectivity index (χ0n) is 11.6. The standard InChI is InChI=1S/C16H19NO2/c1-11-4-6-12(7-5-11)17-10-13-14(18)8-16(2,3)9-15(13)19/h4-7,10,17H,8-9H2,1-3H3. The van der Waals surface area contributed by atoms with Gasteiger partial charge in [0.2, 0.25) is 0 Å². The SMILES string of the molecule is Cc1ccc(NC=C2C(=O)CC(C)(C)CC2=O)cc1. The number of carbonyl (C=O) groups is 2. The van der Waals surface area contributed by atoms with Gasteiger partial charge in [-0.1, -0.05) is 31.5 Å². The molecule has 1 aliphatic rings. The topological polar surface area (TPSA) is 46.2 Å². The van der Waals surface area contributed by atoms with Gasteiger partial charge >= 0.3 is 0 Å². The lowest BCUT2D eigenvalue weighted by atomic mass is 9.74. The normalized spacial score (nSPS) is 18.4. The molecular formula is C16H19NO2. The zero-order chi connectivity index (χ0) is 14.0. The van der Waals surface area contributed by atoms with Crippen LogP contribution in [0.1, 0.15) is 32.3 Å². The molecule has 0 saturated heterocycles. The Morgan fingerprint density at radius 3 is 2.11 bits per heavy atom. The number of hydrogen-bond donors (Lipinski definition) is 1. The third-order valence-corrected chi connectivity index (χ3v) is 3.31. The molecule has 0 bridgehead atoms. The summed E-state index contributed by atoms with van der Waals surface area (Å²) in [7, 11) is 0. The first-order valence-corrected chi connectivity index (χ1v) is 6.47. The molecule has 0 atom stereocenters. The Morgan fingerprint density at radius 2 is 1.58 bits per heavy atom. The van der Waals surface area contributed by atoms with Crippen molar-refractivity contribution < 1.29 is 9.59 Å². The molecule has 0 aliphatic heterocycles. The van der Waals surface area contributed by atoms with E-state index >= 15 is 0 Å². The average molecular weight is 257 g/mol. The van der Waals surface area contributed by atoms with Crippen molar-refractivity contribution in [3.63, 3.8) is 0 Å². The first kappa shape index (κ1) is 13.5. The number of nitrogens with one attached hydrogen (secondary N) is 1. The molecule has 2 rings (SSSR count). The highest BCUT2D eigenvalue weighted by Gasteiger charge is 2.35. The van der Waals surface area contributed by atoms with E-state index in [1.54, 1.807) is 6.20 Å². The van der Waals surface area contributed by atoms with Crippen LogP contribution in [0.3, 0.4) is 0 Å². The van der Waals surface area contributed by atoms with Crippen molar-refractivity contribution >= 4 is 17.3 Å². The second kappa shape index (κ2) is 5.00. The van der Waals surface area contributed by atoms with Crippen LogP contribution in [0.5, 0.6) is 0 Å². The molecule has 1 N–H and O–H groups in total. The Balaban J connectivity index is 2.13. The van der Waals surface area contributed by atoms with Crippen LogP contribution in [0.25, 0.3) is 0 Å². The van der Waals surface area contributed by atoms with Crippen molar-refractivity contribution in [1.82, 2.24) is 0 Å². The second-order valence-corrected chi connectivity index (χ2v) is 5.93. The molecule has 1 aromatic carbocycles. The molecule has 3 nitrogen and oxygen atoms in total. The molecular weight excluding hydrogens is 238 g/mol. The van der Waals surface area contributed by atoms with Gasteiger partial charge in [0.05, 0.1) is 5.57 Å². The third-order valence-electron chi connectivity index (χ3n) is 3.31. The predicted octanol–water partition coefficient (Wildman–Crippen LogP) is 3.25. The predicted molar refractivity (Wildman–Crippen MR) is 75.9 cm³/mol. The third kappa shape index (κ3) is 3.31. The summed E-state index contributed by atoms with van der Waals surface area (Å²) >= 11 is 0. The maximum absolute atomic E-state index is 12.0. The Morgan fingerprint density at radius 1 is 1.05 bits per heavy atom. The lowest BCUT2D eigenvalue weighted by molar-refractivity contribution is -0.127. The molecule has 1 saturated carbocycles. The lowest BCUT2D eigenvalue weighted by Gasteiger charge is -2.28. The quantitative estimate of drug-likeness (QED) is 0.653. The number of hydrogen-bond acceptors (Lipinski definition) is 3. The van der Waals surface area contributed by atoms with Gasteiger partial charge in [0.15, 0.2) is 11.6 Å². The van der Waals surface area contributed by atoms with Crippen molar-refractivity contribution in [2.45, 2.75) is 33.6 Å². The van der Waals surface area contributed by atoms with Crippen molar-refractivity contribution in [2.24, 2.45) is 5.41 Å². The second-order valence-electron chi connectivity index (χ2n) is 5.93. The van der Waals surface area contributed by atoms with E-state index in [1.807, 2.05) is 45.0 Å². The summed E-state index contributed by atoms with van der Waals surface area (Å²) < 4.78 is 0. The number of ketones is 2. The number of Topliss-reactive ketones (excluding diaryl/α,β-unsaturated/α-hetero) is 2. The molecule has 0 heterocycles. The van der Waals surface area contributed by atoms with E-state index in [-0.39, 0.29) is 17.0 Å². The molecule has 100 valence electrons. The molecule has 19 heavy (non-hydrogen) atoms. The maximum Gasteiger partial charge on any atom is 0.168 e. The fourth-order valence-corrected chi connectivity index (χ4v) is 2.24. The van der Waals surface area contributed by atoms with Crippen LogP contribution in [-0.4, -0.2) is 11.6 Å². The molecule has 0 radical (unpaired) electrons. The molecule has 3 heteroatoms. The maximum atomic E-state index is 12.0. The summed E-state index contributed by atoms with van der Waals surface area (Å²) in [6, 6.07) is 7.81. The van der Waals surface area contributed by atoms with Gasteiger partial charge in [-0.25, -0.2) is 0 Å². The van der Waals surface area contributed by atoms with E-state index in [1.165, 1.54) is 5.56 Å². The van der Waals surface area contributed by atoms with Crippen LogP contribution >= 0.6 is 0 Å². The van der Waals surface area contributed by atoms with Crippen molar-refractivity contribution in [3.05, 3.63) is 41.6 Å². The van der Waals surface area contributed by atoms with Gasteiger partial charge in [0.1, 0.15) is 0 Å². The van der Waals surface area contributed by atoms with Gasteiger partial charge in [-0.05, 0) is 24.5 Å². The summed E-state index contributed by atoms with van der Waals surface area (Å²) in [4.78, 5) is 23.9. The molecule has 0 spiro atoms. The van der Waals surface area contributed by atoms with E-state index in [9.17, 15) is 9.59 Å². The van der Waals surface area contributed by atoms with Gasteiger partial charge in [-0.2, -0.15) is 0 Å². The van der Waals surface area contributed by atoms with E-state index < -0.39 is 0 Å². The van der Waals surface area contributed by atoms with Crippen LogP contribution < -0.4 is 5.32 Å². The minimum atomic E-state index is -0.213. The molecule has 0 unspecified atom stereocenters. The van der Waals surface area contributed by atoms with Crippen LogP contribution in [0.2, 0.25) is 0 Å². The number of allylic oxidation sites excluding steroid dienone is 1. The Hall–Kier alpha value is -1.90. The smallest absolute Gasteiger partial charge is 0.168 e. The Bertz CT molecular complexity index is 516. The highest BCUT2D eigenvalue weighted by Crippen LogP contribution is 2.33. The van der Waals surface area contributed by atoms with E-state index in [2.05, 4.69) is 5.32 Å². The molecule has 0 amide bonds. The summed E-state index contributed by atoms with van der Waals surface area (Å²) in [6.45, 7) is 5.92. The van der Waals surface area contributed by atoms with Gasteiger partial charge < -0.3 is 5.32 Å². The van der Waals surface area contributed by atoms with Gasteiger partial charge in [-0.15, -0.1) is 0 Å². The first-order chi connectivity index (χ1) is 8.87. The zero-order valence-corrected chi connectivity index (χ0v) is 11.6. The highest BCUT2D eigenvalue weighted by molar-refractivity contribution is 6.22. The summed E-state index contributed by atoms with van der Waals surface area (Å²) in [6.07, 6.45) is 2.41. The van der Waals surface area contributed by atoms with Crippen LogP contribution in [0.15, 0.2) is 36.0 Å². The molecule has 1 aliphatic carbocycles. The number of rotatable bonds is 2. The van der Waals surface area contributed by atoms with Crippen LogP contribution in [-0.2, 0) is 9.59 Å². The summed E-state index contributed by atoms with van der Waals surface area (Å²) in [5.41, 5.74) is 2.13. The number of benzene rings is 1. The van der Waals surface area contributed by atoms with Crippen LogP contribution in [0, 0.1) is 12.3 Å². The number of anilines is 1. The van der Waals surface area contributed by atoms with E-state index in [0.29, 0.717) is 18.4 Å². The van der Waals surface area contributed by atoms with Gasteiger partial charge in [-0.3, -0.25) is 9.59 Å².